The topological polar surface area (TPSA) is 84.7 Å². The van der Waals surface area contributed by atoms with Gasteiger partial charge in [-0.15, -0.1) is 11.3 Å². The third-order valence-corrected chi connectivity index (χ3v) is 6.65. The molecule has 3 aromatic heterocycles. The number of piperidine rings is 1. The molecule has 0 bridgehead atoms. The highest BCUT2D eigenvalue weighted by molar-refractivity contribution is 7.16. The molecule has 0 radical (unpaired) electrons. The SMILES string of the molecule is CCOC(=O)C1CCN(C(c2cccnc2)c2cc(C)sc2NC(=O)c2ccco2)CC1. The van der Waals surface area contributed by atoms with E-state index < -0.39 is 0 Å². The average molecular weight is 454 g/mol. The summed E-state index contributed by atoms with van der Waals surface area (Å²) in [4.78, 5) is 32.7. The summed E-state index contributed by atoms with van der Waals surface area (Å²) >= 11 is 1.54. The zero-order valence-electron chi connectivity index (χ0n) is 18.2. The number of anilines is 1. The van der Waals surface area contributed by atoms with Gasteiger partial charge in [-0.1, -0.05) is 6.07 Å². The summed E-state index contributed by atoms with van der Waals surface area (Å²) in [5, 5.41) is 3.83. The highest BCUT2D eigenvalue weighted by atomic mass is 32.1. The molecule has 4 heterocycles. The third kappa shape index (κ3) is 4.92. The fraction of sp³-hybridized carbons (Fsp3) is 0.375. The first kappa shape index (κ1) is 22.2. The van der Waals surface area contributed by atoms with E-state index in [1.54, 1.807) is 29.7 Å². The number of thiophene rings is 1. The second-order valence-electron chi connectivity index (χ2n) is 7.82. The maximum Gasteiger partial charge on any atom is 0.309 e. The van der Waals surface area contributed by atoms with Gasteiger partial charge in [0.05, 0.1) is 24.8 Å². The minimum absolute atomic E-state index is 0.0666. The van der Waals surface area contributed by atoms with E-state index in [-0.39, 0.29) is 29.6 Å². The minimum atomic E-state index is -0.274. The molecule has 32 heavy (non-hydrogen) atoms. The van der Waals surface area contributed by atoms with Crippen molar-refractivity contribution in [3.8, 4) is 0 Å². The van der Waals surface area contributed by atoms with E-state index in [9.17, 15) is 9.59 Å². The maximum atomic E-state index is 12.7. The lowest BCUT2D eigenvalue weighted by atomic mass is 9.92. The largest absolute Gasteiger partial charge is 0.466 e. The molecule has 3 aromatic rings. The lowest BCUT2D eigenvalue weighted by Crippen LogP contribution is -2.39. The normalized spacial score (nSPS) is 15.9. The second kappa shape index (κ2) is 10.1. The summed E-state index contributed by atoms with van der Waals surface area (Å²) in [7, 11) is 0. The number of pyridine rings is 1. The van der Waals surface area contributed by atoms with Gasteiger partial charge in [-0.2, -0.15) is 0 Å². The van der Waals surface area contributed by atoms with Crippen molar-refractivity contribution in [2.45, 2.75) is 32.7 Å². The molecular formula is C24H27N3O4S. The minimum Gasteiger partial charge on any atom is -0.466 e. The molecular weight excluding hydrogens is 426 g/mol. The molecule has 1 N–H and O–H groups in total. The first-order valence-corrected chi connectivity index (χ1v) is 11.6. The number of nitrogens with zero attached hydrogens (tertiary/aromatic N) is 2. The summed E-state index contributed by atoms with van der Waals surface area (Å²) < 4.78 is 10.5. The number of carbonyl (C=O) groups is 2. The summed E-state index contributed by atoms with van der Waals surface area (Å²) in [5.74, 6) is -0.176. The monoisotopic (exact) mass is 453 g/mol. The number of hydrogen-bond donors (Lipinski definition) is 1. The van der Waals surface area contributed by atoms with Gasteiger partial charge in [-0.25, -0.2) is 0 Å². The molecule has 0 saturated carbocycles. The Morgan fingerprint density at radius 3 is 2.78 bits per heavy atom. The molecule has 1 amide bonds. The van der Waals surface area contributed by atoms with Crippen LogP contribution in [-0.4, -0.2) is 41.5 Å². The Kier molecular flexibility index (Phi) is 7.02. The van der Waals surface area contributed by atoms with Crippen LogP contribution in [-0.2, 0) is 9.53 Å². The second-order valence-corrected chi connectivity index (χ2v) is 9.08. The van der Waals surface area contributed by atoms with E-state index in [0.717, 1.165) is 46.9 Å². The van der Waals surface area contributed by atoms with Crippen molar-refractivity contribution < 1.29 is 18.7 Å². The van der Waals surface area contributed by atoms with Crippen LogP contribution in [0.15, 0.2) is 53.4 Å². The van der Waals surface area contributed by atoms with Gasteiger partial charge in [0.25, 0.3) is 5.91 Å². The van der Waals surface area contributed by atoms with Gasteiger partial charge in [0.15, 0.2) is 5.76 Å². The predicted octanol–water partition coefficient (Wildman–Crippen LogP) is 4.66. The Bertz CT molecular complexity index is 1040. The number of ether oxygens (including phenoxy) is 1. The number of aromatic nitrogens is 1. The molecule has 0 aliphatic carbocycles. The molecule has 1 saturated heterocycles. The molecule has 168 valence electrons. The van der Waals surface area contributed by atoms with E-state index in [2.05, 4.69) is 27.3 Å². The van der Waals surface area contributed by atoms with Crippen LogP contribution in [0.1, 0.15) is 52.4 Å². The van der Waals surface area contributed by atoms with Gasteiger partial charge < -0.3 is 14.5 Å². The number of likely N-dealkylation sites (tertiary alicyclic amines) is 1. The lowest BCUT2D eigenvalue weighted by Gasteiger charge is -2.37. The van der Waals surface area contributed by atoms with Gasteiger partial charge in [-0.05, 0) is 69.6 Å². The first-order chi connectivity index (χ1) is 15.6. The lowest BCUT2D eigenvalue weighted by molar-refractivity contribution is -0.149. The van der Waals surface area contributed by atoms with Crippen LogP contribution in [0.2, 0.25) is 0 Å². The zero-order valence-corrected chi connectivity index (χ0v) is 19.1. The summed E-state index contributed by atoms with van der Waals surface area (Å²) in [6.07, 6.45) is 6.60. The predicted molar refractivity (Wildman–Crippen MR) is 123 cm³/mol. The standard InChI is InChI=1S/C24H27N3O4S/c1-3-30-24(29)17-8-11-27(12-9-17)21(18-6-4-10-25-15-18)19-14-16(2)32-23(19)26-22(28)20-7-5-13-31-20/h4-7,10,13-15,17,21H,3,8-9,11-12H2,1-2H3,(H,26,28). The molecule has 1 unspecified atom stereocenters. The first-order valence-electron chi connectivity index (χ1n) is 10.8. The Morgan fingerprint density at radius 1 is 1.31 bits per heavy atom. The van der Waals surface area contributed by atoms with E-state index in [0.29, 0.717) is 6.61 Å². The molecule has 1 atom stereocenters. The number of hydrogen-bond acceptors (Lipinski definition) is 7. The molecule has 7 nitrogen and oxygen atoms in total. The Labute approximate surface area is 191 Å². The van der Waals surface area contributed by atoms with Crippen molar-refractivity contribution in [3.05, 3.63) is 70.8 Å². The van der Waals surface area contributed by atoms with Crippen molar-refractivity contribution in [2.24, 2.45) is 5.92 Å². The zero-order chi connectivity index (χ0) is 22.5. The molecule has 1 fully saturated rings. The van der Waals surface area contributed by atoms with Crippen molar-refractivity contribution in [3.63, 3.8) is 0 Å². The number of amides is 1. The fourth-order valence-corrected chi connectivity index (χ4v) is 5.13. The highest BCUT2D eigenvalue weighted by Crippen LogP contribution is 2.40. The molecule has 1 aliphatic heterocycles. The number of aryl methyl sites for hydroxylation is 1. The van der Waals surface area contributed by atoms with Crippen molar-refractivity contribution in [1.29, 1.82) is 0 Å². The van der Waals surface area contributed by atoms with Gasteiger partial charge in [0, 0.05) is 22.8 Å². The fourth-order valence-electron chi connectivity index (χ4n) is 4.19. The van der Waals surface area contributed by atoms with Crippen LogP contribution in [0.5, 0.6) is 0 Å². The van der Waals surface area contributed by atoms with Crippen LogP contribution in [0.4, 0.5) is 5.00 Å². The van der Waals surface area contributed by atoms with Crippen molar-refractivity contribution >= 4 is 28.2 Å². The third-order valence-electron chi connectivity index (χ3n) is 5.67. The Hall–Kier alpha value is -2.97. The van der Waals surface area contributed by atoms with Gasteiger partial charge in [-0.3, -0.25) is 19.5 Å². The Balaban J connectivity index is 1.61. The number of rotatable bonds is 7. The molecule has 0 aromatic carbocycles. The van der Waals surface area contributed by atoms with Gasteiger partial charge >= 0.3 is 5.97 Å². The quantitative estimate of drug-likeness (QED) is 0.524. The van der Waals surface area contributed by atoms with Gasteiger partial charge in [0.1, 0.15) is 5.00 Å². The van der Waals surface area contributed by atoms with Crippen LogP contribution in [0, 0.1) is 12.8 Å². The van der Waals surface area contributed by atoms with E-state index in [1.165, 1.54) is 6.26 Å². The van der Waals surface area contributed by atoms with Crippen LogP contribution in [0.25, 0.3) is 0 Å². The van der Waals surface area contributed by atoms with Gasteiger partial charge in [0.2, 0.25) is 0 Å². The molecule has 8 heteroatoms. The van der Waals surface area contributed by atoms with Crippen LogP contribution < -0.4 is 5.32 Å². The van der Waals surface area contributed by atoms with Crippen molar-refractivity contribution in [2.75, 3.05) is 25.0 Å². The maximum absolute atomic E-state index is 12.7. The van der Waals surface area contributed by atoms with Crippen molar-refractivity contribution in [1.82, 2.24) is 9.88 Å². The highest BCUT2D eigenvalue weighted by Gasteiger charge is 2.33. The number of nitrogens with one attached hydrogen (secondary N) is 1. The smallest absolute Gasteiger partial charge is 0.309 e. The molecule has 1 aliphatic rings. The molecule has 4 rings (SSSR count). The summed E-state index contributed by atoms with van der Waals surface area (Å²) in [5.41, 5.74) is 2.07. The Morgan fingerprint density at radius 2 is 2.12 bits per heavy atom. The summed E-state index contributed by atoms with van der Waals surface area (Å²) in [6.45, 7) is 5.78. The van der Waals surface area contributed by atoms with Crippen LogP contribution in [0.3, 0.4) is 0 Å². The number of furan rings is 1. The van der Waals surface area contributed by atoms with Crippen LogP contribution >= 0.6 is 11.3 Å². The number of esters is 1. The average Bonchev–Trinajstić information content (AvgIpc) is 3.46. The summed E-state index contributed by atoms with van der Waals surface area (Å²) in [6, 6.07) is 9.37. The van der Waals surface area contributed by atoms with E-state index >= 15 is 0 Å². The number of carbonyl (C=O) groups excluding carboxylic acids is 2. The van der Waals surface area contributed by atoms with E-state index in [1.807, 2.05) is 26.1 Å². The molecule has 0 spiro atoms. The van der Waals surface area contributed by atoms with E-state index in [4.69, 9.17) is 9.15 Å².